The van der Waals surface area contributed by atoms with E-state index in [-0.39, 0.29) is 40.6 Å². The second-order valence-corrected chi connectivity index (χ2v) is 8.25. The standard InChI is InChI=1S/C14H15FN2O5S2/c1-22-11-3-2-9(15)6-12(11)24(20,21)16-5-4-10(7-16)17-13(18)8-23-14(17)19/h2-3,6,10H,4-5,7-8H2,1H3. The minimum Gasteiger partial charge on any atom is -0.495 e. The molecule has 1 unspecified atom stereocenters. The van der Waals surface area contributed by atoms with Crippen molar-refractivity contribution < 1.29 is 27.1 Å². The molecule has 24 heavy (non-hydrogen) atoms. The molecule has 0 aliphatic carbocycles. The zero-order valence-electron chi connectivity index (χ0n) is 12.8. The Kier molecular flexibility index (Phi) is 4.54. The third-order valence-electron chi connectivity index (χ3n) is 4.02. The van der Waals surface area contributed by atoms with Crippen molar-refractivity contribution in [2.24, 2.45) is 0 Å². The van der Waals surface area contributed by atoms with Crippen molar-refractivity contribution in [3.05, 3.63) is 24.0 Å². The van der Waals surface area contributed by atoms with Gasteiger partial charge >= 0.3 is 0 Å². The fourth-order valence-electron chi connectivity index (χ4n) is 2.85. The Morgan fingerprint density at radius 2 is 2.08 bits per heavy atom. The number of hydrogen-bond acceptors (Lipinski definition) is 6. The number of ether oxygens (including phenoxy) is 1. The Morgan fingerprint density at radius 3 is 2.71 bits per heavy atom. The van der Waals surface area contributed by atoms with Gasteiger partial charge in [-0.2, -0.15) is 4.31 Å². The van der Waals surface area contributed by atoms with Gasteiger partial charge < -0.3 is 4.74 Å². The van der Waals surface area contributed by atoms with E-state index in [9.17, 15) is 22.4 Å². The summed E-state index contributed by atoms with van der Waals surface area (Å²) in [4.78, 5) is 24.4. The Labute approximate surface area is 142 Å². The summed E-state index contributed by atoms with van der Waals surface area (Å²) in [6.45, 7) is 0.147. The van der Waals surface area contributed by atoms with E-state index in [1.54, 1.807) is 0 Å². The molecule has 1 atom stereocenters. The maximum atomic E-state index is 13.5. The van der Waals surface area contributed by atoms with Gasteiger partial charge in [-0.1, -0.05) is 11.8 Å². The Balaban J connectivity index is 1.86. The second kappa shape index (κ2) is 6.34. The molecule has 0 bridgehead atoms. The van der Waals surface area contributed by atoms with Crippen molar-refractivity contribution in [2.45, 2.75) is 17.4 Å². The van der Waals surface area contributed by atoms with E-state index < -0.39 is 21.9 Å². The predicted octanol–water partition coefficient (Wildman–Crippen LogP) is 1.29. The van der Waals surface area contributed by atoms with Crippen LogP contribution in [0.2, 0.25) is 0 Å². The van der Waals surface area contributed by atoms with Crippen LogP contribution in [-0.2, 0) is 14.8 Å². The highest BCUT2D eigenvalue weighted by Gasteiger charge is 2.42. The van der Waals surface area contributed by atoms with Crippen LogP contribution >= 0.6 is 11.8 Å². The molecule has 2 fully saturated rings. The third-order valence-corrected chi connectivity index (χ3v) is 6.74. The van der Waals surface area contributed by atoms with Crippen LogP contribution < -0.4 is 4.74 Å². The third kappa shape index (κ3) is 2.89. The molecule has 0 saturated carbocycles. The van der Waals surface area contributed by atoms with Crippen molar-refractivity contribution in [3.63, 3.8) is 0 Å². The molecule has 2 aliphatic heterocycles. The normalized spacial score (nSPS) is 22.4. The van der Waals surface area contributed by atoms with E-state index in [1.807, 2.05) is 0 Å². The zero-order valence-corrected chi connectivity index (χ0v) is 14.4. The number of methoxy groups -OCH3 is 1. The topological polar surface area (TPSA) is 84.0 Å². The molecule has 1 aromatic rings. The zero-order chi connectivity index (χ0) is 17.5. The number of sulfonamides is 1. The molecule has 2 aliphatic rings. The molecule has 3 rings (SSSR count). The monoisotopic (exact) mass is 374 g/mol. The molecule has 0 N–H and O–H groups in total. The molecule has 7 nitrogen and oxygen atoms in total. The summed E-state index contributed by atoms with van der Waals surface area (Å²) in [7, 11) is -2.69. The van der Waals surface area contributed by atoms with Gasteiger partial charge in [-0.25, -0.2) is 12.8 Å². The van der Waals surface area contributed by atoms with E-state index in [0.717, 1.165) is 33.1 Å². The lowest BCUT2D eigenvalue weighted by Crippen LogP contribution is -2.41. The summed E-state index contributed by atoms with van der Waals surface area (Å²) in [5.41, 5.74) is 0. The van der Waals surface area contributed by atoms with Crippen LogP contribution in [-0.4, -0.2) is 60.8 Å². The van der Waals surface area contributed by atoms with Crippen molar-refractivity contribution in [1.82, 2.24) is 9.21 Å². The van der Waals surface area contributed by atoms with E-state index in [1.165, 1.54) is 13.2 Å². The van der Waals surface area contributed by atoms with E-state index in [4.69, 9.17) is 4.74 Å². The van der Waals surface area contributed by atoms with Crippen LogP contribution in [0.25, 0.3) is 0 Å². The second-order valence-electron chi connectivity index (χ2n) is 5.42. The lowest BCUT2D eigenvalue weighted by molar-refractivity contribution is -0.126. The first kappa shape index (κ1) is 17.2. The molecule has 2 amide bonds. The molecule has 2 heterocycles. The molecule has 0 aromatic heterocycles. The molecule has 0 spiro atoms. The van der Waals surface area contributed by atoms with Gasteiger partial charge in [-0.15, -0.1) is 0 Å². The number of thioether (sulfide) groups is 1. The fraction of sp³-hybridized carbons (Fsp3) is 0.429. The van der Waals surface area contributed by atoms with Gasteiger partial charge in [-0.05, 0) is 24.6 Å². The van der Waals surface area contributed by atoms with Gasteiger partial charge in [0.1, 0.15) is 16.5 Å². The van der Waals surface area contributed by atoms with Crippen molar-refractivity contribution in [1.29, 1.82) is 0 Å². The van der Waals surface area contributed by atoms with Crippen LogP contribution in [0.1, 0.15) is 6.42 Å². The van der Waals surface area contributed by atoms with E-state index >= 15 is 0 Å². The maximum absolute atomic E-state index is 13.5. The number of amides is 2. The Bertz CT molecular complexity index is 782. The Hall–Kier alpha value is -1.65. The SMILES string of the molecule is COc1ccc(F)cc1S(=O)(=O)N1CCC(N2C(=O)CSC2=O)C1. The van der Waals surface area contributed by atoms with Crippen LogP contribution in [0.4, 0.5) is 9.18 Å². The molecule has 0 radical (unpaired) electrons. The lowest BCUT2D eigenvalue weighted by Gasteiger charge is -2.22. The fourth-order valence-corrected chi connectivity index (χ4v) is 5.28. The van der Waals surface area contributed by atoms with Gasteiger partial charge in [0.05, 0.1) is 18.9 Å². The highest BCUT2D eigenvalue weighted by molar-refractivity contribution is 8.14. The first-order valence-electron chi connectivity index (χ1n) is 7.17. The average molecular weight is 374 g/mol. The van der Waals surface area contributed by atoms with Gasteiger partial charge in [0.2, 0.25) is 15.9 Å². The average Bonchev–Trinajstić information content (AvgIpc) is 3.14. The summed E-state index contributed by atoms with van der Waals surface area (Å²) < 4.78 is 45.2. The number of rotatable bonds is 4. The quantitative estimate of drug-likeness (QED) is 0.790. The molecule has 10 heteroatoms. The van der Waals surface area contributed by atoms with E-state index in [0.29, 0.717) is 6.42 Å². The Morgan fingerprint density at radius 1 is 1.33 bits per heavy atom. The highest BCUT2D eigenvalue weighted by atomic mass is 32.2. The molecule has 2 saturated heterocycles. The number of benzene rings is 1. The molecular formula is C14H15FN2O5S2. The number of halogens is 1. The summed E-state index contributed by atoms with van der Waals surface area (Å²) in [5, 5.41) is -0.354. The van der Waals surface area contributed by atoms with Crippen LogP contribution in [0.15, 0.2) is 23.1 Å². The van der Waals surface area contributed by atoms with Crippen molar-refractivity contribution in [2.75, 3.05) is 26.0 Å². The molecular weight excluding hydrogens is 359 g/mol. The maximum Gasteiger partial charge on any atom is 0.289 e. The lowest BCUT2D eigenvalue weighted by atomic mass is 10.2. The van der Waals surface area contributed by atoms with Crippen LogP contribution in [0, 0.1) is 5.82 Å². The van der Waals surface area contributed by atoms with Gasteiger partial charge in [0.25, 0.3) is 5.24 Å². The summed E-state index contributed by atoms with van der Waals surface area (Å²) in [5.74, 6) is -0.868. The van der Waals surface area contributed by atoms with Gasteiger partial charge in [-0.3, -0.25) is 14.5 Å². The van der Waals surface area contributed by atoms with Crippen molar-refractivity contribution in [3.8, 4) is 5.75 Å². The highest BCUT2D eigenvalue weighted by Crippen LogP contribution is 2.32. The summed E-state index contributed by atoms with van der Waals surface area (Å²) in [6, 6.07) is 2.78. The summed E-state index contributed by atoms with van der Waals surface area (Å²) >= 11 is 0.913. The number of carbonyl (C=O) groups is 2. The number of nitrogens with zero attached hydrogens (tertiary/aromatic N) is 2. The number of hydrogen-bond donors (Lipinski definition) is 0. The van der Waals surface area contributed by atoms with Gasteiger partial charge in [0, 0.05) is 13.1 Å². The minimum atomic E-state index is -3.99. The van der Waals surface area contributed by atoms with Crippen LogP contribution in [0.3, 0.4) is 0 Å². The first-order chi connectivity index (χ1) is 11.3. The first-order valence-corrected chi connectivity index (χ1v) is 9.59. The number of imide groups is 1. The van der Waals surface area contributed by atoms with Crippen LogP contribution in [0.5, 0.6) is 5.75 Å². The van der Waals surface area contributed by atoms with E-state index in [2.05, 4.69) is 0 Å². The number of carbonyl (C=O) groups excluding carboxylic acids is 2. The van der Waals surface area contributed by atoms with Crippen molar-refractivity contribution >= 4 is 32.9 Å². The smallest absolute Gasteiger partial charge is 0.289 e. The molecule has 1 aromatic carbocycles. The minimum absolute atomic E-state index is 0.0000406. The van der Waals surface area contributed by atoms with Gasteiger partial charge in [0.15, 0.2) is 0 Å². The predicted molar refractivity (Wildman–Crippen MR) is 84.8 cm³/mol. The molecule has 130 valence electrons. The largest absolute Gasteiger partial charge is 0.495 e. The summed E-state index contributed by atoms with van der Waals surface area (Å²) in [6.07, 6.45) is 0.356.